The van der Waals surface area contributed by atoms with Crippen LogP contribution in [0, 0.1) is 13.8 Å². The van der Waals surface area contributed by atoms with Gasteiger partial charge in [-0.3, -0.25) is 9.03 Å². The van der Waals surface area contributed by atoms with Crippen LogP contribution in [0.5, 0.6) is 0 Å². The maximum Gasteiger partial charge on any atom is 0.261 e. The fourth-order valence-electron chi connectivity index (χ4n) is 2.99. The summed E-state index contributed by atoms with van der Waals surface area (Å²) in [6, 6.07) is 11.5. The fraction of sp³-hybridized carbons (Fsp3) is 0.333. The van der Waals surface area contributed by atoms with Gasteiger partial charge in [-0.1, -0.05) is 17.7 Å². The highest BCUT2D eigenvalue weighted by molar-refractivity contribution is 7.93. The Kier molecular flexibility index (Phi) is 4.98. The van der Waals surface area contributed by atoms with Crippen molar-refractivity contribution in [3.63, 3.8) is 0 Å². The van der Waals surface area contributed by atoms with Gasteiger partial charge in [-0.05, 0) is 62.6 Å². The van der Waals surface area contributed by atoms with Gasteiger partial charge in [-0.25, -0.2) is 16.8 Å². The zero-order valence-corrected chi connectivity index (χ0v) is 16.4. The summed E-state index contributed by atoms with van der Waals surface area (Å²) in [5, 5.41) is 0. The molecule has 0 unspecified atom stereocenters. The van der Waals surface area contributed by atoms with Gasteiger partial charge < -0.3 is 0 Å². The molecule has 140 valence electrons. The van der Waals surface area contributed by atoms with Gasteiger partial charge in [0.05, 0.1) is 16.3 Å². The van der Waals surface area contributed by atoms with E-state index in [0.29, 0.717) is 29.9 Å². The van der Waals surface area contributed by atoms with Crippen molar-refractivity contribution in [3.05, 3.63) is 53.6 Å². The van der Waals surface area contributed by atoms with Gasteiger partial charge in [0.15, 0.2) is 0 Å². The molecule has 0 aliphatic carbocycles. The largest absolute Gasteiger partial charge is 0.280 e. The lowest BCUT2D eigenvalue weighted by atomic mass is 10.1. The second-order valence-electron chi connectivity index (χ2n) is 6.52. The fourth-order valence-corrected chi connectivity index (χ4v) is 5.74. The van der Waals surface area contributed by atoms with E-state index in [4.69, 9.17) is 0 Å². The molecule has 2 aromatic carbocycles. The van der Waals surface area contributed by atoms with Gasteiger partial charge in [0.25, 0.3) is 10.0 Å². The lowest BCUT2D eigenvalue weighted by molar-refractivity contribution is 0.574. The van der Waals surface area contributed by atoms with E-state index in [0.717, 1.165) is 12.0 Å². The predicted molar refractivity (Wildman–Crippen MR) is 104 cm³/mol. The molecule has 1 heterocycles. The molecule has 1 N–H and O–H groups in total. The van der Waals surface area contributed by atoms with Crippen LogP contribution in [0.2, 0.25) is 0 Å². The third-order valence-corrected chi connectivity index (χ3v) is 7.65. The van der Waals surface area contributed by atoms with Gasteiger partial charge in [0.1, 0.15) is 0 Å². The second-order valence-corrected chi connectivity index (χ2v) is 10.2. The van der Waals surface area contributed by atoms with E-state index >= 15 is 0 Å². The molecule has 0 atom stereocenters. The SMILES string of the molecule is Cc1ccc(S(=O)(=O)Nc2ccc(N3CCCCS3(=O)=O)c(C)c2)cc1. The average molecular weight is 395 g/mol. The summed E-state index contributed by atoms with van der Waals surface area (Å²) in [7, 11) is -6.99. The number of hydrogen-bond acceptors (Lipinski definition) is 4. The molecule has 0 radical (unpaired) electrons. The molecule has 1 fully saturated rings. The molecule has 1 aliphatic heterocycles. The van der Waals surface area contributed by atoms with Crippen molar-refractivity contribution < 1.29 is 16.8 Å². The molecule has 8 heteroatoms. The van der Waals surface area contributed by atoms with Crippen molar-refractivity contribution in [1.82, 2.24) is 0 Å². The first-order valence-electron chi connectivity index (χ1n) is 8.40. The van der Waals surface area contributed by atoms with Crippen LogP contribution in [-0.4, -0.2) is 29.1 Å². The van der Waals surface area contributed by atoms with E-state index in [2.05, 4.69) is 4.72 Å². The first kappa shape index (κ1) is 18.7. The molecule has 0 aromatic heterocycles. The molecule has 6 nitrogen and oxygen atoms in total. The molecular formula is C18H22N2O4S2. The zero-order valence-electron chi connectivity index (χ0n) is 14.8. The van der Waals surface area contributed by atoms with E-state index in [9.17, 15) is 16.8 Å². The number of benzene rings is 2. The lowest BCUT2D eigenvalue weighted by Gasteiger charge is -2.29. The topological polar surface area (TPSA) is 83.6 Å². The van der Waals surface area contributed by atoms with Gasteiger partial charge in [-0.15, -0.1) is 0 Å². The Bertz CT molecular complexity index is 1010. The van der Waals surface area contributed by atoms with Gasteiger partial charge >= 0.3 is 0 Å². The molecule has 0 saturated carbocycles. The van der Waals surface area contributed by atoms with Crippen molar-refractivity contribution in [3.8, 4) is 0 Å². The Morgan fingerprint density at radius 2 is 1.69 bits per heavy atom. The second kappa shape index (κ2) is 6.92. The molecule has 0 spiro atoms. The van der Waals surface area contributed by atoms with Gasteiger partial charge in [-0.2, -0.15) is 0 Å². The summed E-state index contributed by atoms with van der Waals surface area (Å²) >= 11 is 0. The third-order valence-electron chi connectivity index (χ3n) is 4.40. The number of anilines is 2. The minimum Gasteiger partial charge on any atom is -0.280 e. The minimum atomic E-state index is -3.69. The van der Waals surface area contributed by atoms with Crippen molar-refractivity contribution in [2.45, 2.75) is 31.6 Å². The third kappa shape index (κ3) is 3.86. The molecule has 1 aliphatic rings. The van der Waals surface area contributed by atoms with Crippen LogP contribution in [0.25, 0.3) is 0 Å². The number of nitrogens with zero attached hydrogens (tertiary/aromatic N) is 1. The summed E-state index contributed by atoms with van der Waals surface area (Å²) in [6.45, 7) is 4.13. The molecule has 26 heavy (non-hydrogen) atoms. The highest BCUT2D eigenvalue weighted by Gasteiger charge is 2.27. The van der Waals surface area contributed by atoms with Crippen molar-refractivity contribution in [1.29, 1.82) is 0 Å². The highest BCUT2D eigenvalue weighted by Crippen LogP contribution is 2.29. The van der Waals surface area contributed by atoms with Crippen LogP contribution in [0.3, 0.4) is 0 Å². The van der Waals surface area contributed by atoms with Crippen molar-refractivity contribution in [2.75, 3.05) is 21.3 Å². The molecular weight excluding hydrogens is 372 g/mol. The molecule has 0 bridgehead atoms. The normalized spacial score (nSPS) is 17.1. The van der Waals surface area contributed by atoms with Crippen molar-refractivity contribution in [2.24, 2.45) is 0 Å². The number of aryl methyl sites for hydroxylation is 2. The Hall–Kier alpha value is -2.06. The molecule has 2 aromatic rings. The van der Waals surface area contributed by atoms with Crippen LogP contribution in [0.15, 0.2) is 47.4 Å². The maximum absolute atomic E-state index is 12.5. The number of sulfonamides is 2. The van der Waals surface area contributed by atoms with Crippen LogP contribution in [0.4, 0.5) is 11.4 Å². The van der Waals surface area contributed by atoms with E-state index < -0.39 is 20.0 Å². The number of nitrogens with one attached hydrogen (secondary N) is 1. The Morgan fingerprint density at radius 1 is 1.00 bits per heavy atom. The lowest BCUT2D eigenvalue weighted by Crippen LogP contribution is -2.38. The summed E-state index contributed by atoms with van der Waals surface area (Å²) in [5.41, 5.74) is 2.69. The molecule has 3 rings (SSSR count). The monoisotopic (exact) mass is 394 g/mol. The minimum absolute atomic E-state index is 0.147. The quantitative estimate of drug-likeness (QED) is 0.864. The Labute approximate surface area is 155 Å². The van der Waals surface area contributed by atoms with Gasteiger partial charge in [0.2, 0.25) is 10.0 Å². The van der Waals surface area contributed by atoms with Crippen LogP contribution in [0.1, 0.15) is 24.0 Å². The van der Waals surface area contributed by atoms with Crippen LogP contribution >= 0.6 is 0 Å². The first-order valence-corrected chi connectivity index (χ1v) is 11.5. The summed E-state index contributed by atoms with van der Waals surface area (Å²) < 4.78 is 53.5. The van der Waals surface area contributed by atoms with E-state index in [1.54, 1.807) is 49.4 Å². The Morgan fingerprint density at radius 3 is 2.31 bits per heavy atom. The van der Waals surface area contributed by atoms with Crippen molar-refractivity contribution >= 4 is 31.4 Å². The van der Waals surface area contributed by atoms with E-state index in [1.165, 1.54) is 4.31 Å². The smallest absolute Gasteiger partial charge is 0.261 e. The number of hydrogen-bond donors (Lipinski definition) is 1. The summed E-state index contributed by atoms with van der Waals surface area (Å²) in [5.74, 6) is 0.147. The van der Waals surface area contributed by atoms with Crippen LogP contribution in [-0.2, 0) is 20.0 Å². The highest BCUT2D eigenvalue weighted by atomic mass is 32.2. The summed E-state index contributed by atoms with van der Waals surface area (Å²) in [6.07, 6.45) is 1.49. The van der Waals surface area contributed by atoms with Crippen LogP contribution < -0.4 is 9.03 Å². The number of rotatable bonds is 4. The van der Waals surface area contributed by atoms with E-state index in [1.807, 2.05) is 6.92 Å². The van der Waals surface area contributed by atoms with E-state index in [-0.39, 0.29) is 10.6 Å². The van der Waals surface area contributed by atoms with Gasteiger partial charge in [0, 0.05) is 12.2 Å². The summed E-state index contributed by atoms with van der Waals surface area (Å²) in [4.78, 5) is 0.184. The average Bonchev–Trinajstić information content (AvgIpc) is 2.55. The standard InChI is InChI=1S/C18H22N2O4S2/c1-14-5-8-17(9-6-14)26(23,24)19-16-7-10-18(15(2)13-16)20-11-3-4-12-25(20,21)22/h5-10,13,19H,3-4,11-12H2,1-2H3. The first-order chi connectivity index (χ1) is 12.2. The molecule has 1 saturated heterocycles. The zero-order chi connectivity index (χ0) is 18.9. The maximum atomic E-state index is 12.5. The Balaban J connectivity index is 1.87. The molecule has 0 amide bonds. The predicted octanol–water partition coefficient (Wildman–Crippen LogP) is 3.03.